The van der Waals surface area contributed by atoms with Crippen LogP contribution in [0.3, 0.4) is 0 Å². The molecule has 0 aromatic carbocycles. The van der Waals surface area contributed by atoms with Crippen LogP contribution >= 0.6 is 0 Å². The monoisotopic (exact) mass is 293 g/mol. The summed E-state index contributed by atoms with van der Waals surface area (Å²) in [7, 11) is 2.00. The molecule has 18 heavy (non-hydrogen) atoms. The van der Waals surface area contributed by atoms with Gasteiger partial charge < -0.3 is 10.2 Å². The normalized spacial score (nSPS) is 7.83. The average molecular weight is 293 g/mol. The third kappa shape index (κ3) is 36.0. The largest absolute Gasteiger partial charge is 0.400 e. The van der Waals surface area contributed by atoms with Crippen molar-refractivity contribution in [3.8, 4) is 0 Å². The molecule has 0 saturated carbocycles. The number of unbranched alkanes of at least 4 members (excludes halogenated alkanes) is 9. The van der Waals surface area contributed by atoms with Crippen LogP contribution in [0.15, 0.2) is 12.7 Å². The summed E-state index contributed by atoms with van der Waals surface area (Å²) in [5.41, 5.74) is 0. The molecule has 0 rings (SSSR count). The van der Waals surface area contributed by atoms with Crippen LogP contribution in [0.25, 0.3) is 0 Å². The molecule has 3 heteroatoms. The zero-order valence-electron chi connectivity index (χ0n) is 12.6. The van der Waals surface area contributed by atoms with Gasteiger partial charge in [0.15, 0.2) is 0 Å². The van der Waals surface area contributed by atoms with Crippen molar-refractivity contribution in [2.24, 2.45) is 0 Å². The van der Waals surface area contributed by atoms with Crippen molar-refractivity contribution < 1.29 is 31.9 Å². The summed E-state index contributed by atoms with van der Waals surface area (Å²) < 4.78 is 0. The van der Waals surface area contributed by atoms with Gasteiger partial charge in [0.2, 0.25) is 0 Å². The number of allylic oxidation sites excluding steroid dienone is 1. The van der Waals surface area contributed by atoms with Crippen molar-refractivity contribution >= 4 is 0 Å². The summed E-state index contributed by atoms with van der Waals surface area (Å²) in [5.74, 6) is 0. The maximum Gasteiger partial charge on any atom is 0.0319 e. The predicted octanol–water partition coefficient (Wildman–Crippen LogP) is 4.12. The Labute approximate surface area is 130 Å². The zero-order valence-corrected chi connectivity index (χ0v) is 14.2. The number of hydrogen-bond acceptors (Lipinski definition) is 2. The van der Waals surface area contributed by atoms with Crippen molar-refractivity contribution in [1.29, 1.82) is 0 Å². The van der Waals surface area contributed by atoms with Gasteiger partial charge in [0.1, 0.15) is 0 Å². The second kappa shape index (κ2) is 36.0. The Morgan fingerprint density at radius 3 is 1.61 bits per heavy atom. The molecule has 2 N–H and O–H groups in total. The molecular formula is C15H33O2Ti-. The summed E-state index contributed by atoms with van der Waals surface area (Å²) in [6.07, 6.45) is 16.6. The van der Waals surface area contributed by atoms with Gasteiger partial charge in [0.25, 0.3) is 0 Å². The van der Waals surface area contributed by atoms with Gasteiger partial charge in [-0.2, -0.15) is 0 Å². The van der Waals surface area contributed by atoms with E-state index in [0.717, 1.165) is 14.2 Å². The third-order valence-electron chi connectivity index (χ3n) is 2.39. The molecule has 0 spiro atoms. The summed E-state index contributed by atoms with van der Waals surface area (Å²) in [5, 5.41) is 14.0. The van der Waals surface area contributed by atoms with Gasteiger partial charge in [-0.25, -0.2) is 19.1 Å². The first-order valence-corrected chi connectivity index (χ1v) is 6.75. The summed E-state index contributed by atoms with van der Waals surface area (Å²) in [4.78, 5) is 0. The number of rotatable bonds is 10. The van der Waals surface area contributed by atoms with Crippen LogP contribution < -0.4 is 0 Å². The Morgan fingerprint density at radius 2 is 1.22 bits per heavy atom. The van der Waals surface area contributed by atoms with E-state index in [1.165, 1.54) is 57.8 Å². The van der Waals surface area contributed by atoms with Gasteiger partial charge in [-0.3, -0.25) is 0 Å². The van der Waals surface area contributed by atoms with Crippen LogP contribution in [-0.2, 0) is 21.7 Å². The maximum atomic E-state index is 7.00. The van der Waals surface area contributed by atoms with E-state index in [1.807, 2.05) is 6.08 Å². The summed E-state index contributed by atoms with van der Waals surface area (Å²) in [6, 6.07) is 0. The van der Waals surface area contributed by atoms with E-state index in [4.69, 9.17) is 10.2 Å². The number of aliphatic hydroxyl groups is 2. The van der Waals surface area contributed by atoms with E-state index in [9.17, 15) is 0 Å². The van der Waals surface area contributed by atoms with Gasteiger partial charge in [-0.15, -0.1) is 6.42 Å². The van der Waals surface area contributed by atoms with Crippen LogP contribution in [0.4, 0.5) is 0 Å². The van der Waals surface area contributed by atoms with E-state index in [0.29, 0.717) is 0 Å². The quantitative estimate of drug-likeness (QED) is 0.361. The molecule has 0 aliphatic rings. The fraction of sp³-hybridized carbons (Fsp3) is 0.800. The second-order valence-electron chi connectivity index (χ2n) is 3.73. The molecule has 2 nitrogen and oxygen atoms in total. The first kappa shape index (κ1) is 26.7. The molecule has 0 aliphatic heterocycles. The van der Waals surface area contributed by atoms with Crippen molar-refractivity contribution in [3.63, 3.8) is 0 Å². The molecule has 0 amide bonds. The summed E-state index contributed by atoms with van der Waals surface area (Å²) >= 11 is 0. The van der Waals surface area contributed by atoms with Crippen molar-refractivity contribution in [2.45, 2.75) is 64.7 Å². The van der Waals surface area contributed by atoms with Crippen LogP contribution in [0.1, 0.15) is 64.7 Å². The Kier molecular flexibility index (Phi) is 53.5. The van der Waals surface area contributed by atoms with Crippen molar-refractivity contribution in [3.05, 3.63) is 19.1 Å². The molecule has 0 aromatic rings. The maximum absolute atomic E-state index is 7.00. The minimum absolute atomic E-state index is 0. The standard InChI is InChI=1S/C13H25.2CH4O.Ti/c1-3-5-7-9-11-13-12-10-8-6-4-2;2*1-2;/h3,5H,1,4,6-13H2,2H3;2*2H,1H3;/q-1;;;. The second-order valence-corrected chi connectivity index (χ2v) is 3.73. The minimum atomic E-state index is 0. The van der Waals surface area contributed by atoms with Gasteiger partial charge >= 0.3 is 0 Å². The molecule has 0 heterocycles. The zero-order chi connectivity index (χ0) is 13.8. The van der Waals surface area contributed by atoms with E-state index in [-0.39, 0.29) is 21.7 Å². The number of hydrogen-bond donors (Lipinski definition) is 2. The van der Waals surface area contributed by atoms with Crippen LogP contribution in [0.2, 0.25) is 0 Å². The van der Waals surface area contributed by atoms with Crippen LogP contribution in [0.5, 0.6) is 0 Å². The first-order valence-electron chi connectivity index (χ1n) is 6.75. The smallest absolute Gasteiger partial charge is 0.0319 e. The molecule has 0 aliphatic carbocycles. The Balaban J connectivity index is -0.000000177. The van der Waals surface area contributed by atoms with Crippen LogP contribution in [0, 0.1) is 6.42 Å². The van der Waals surface area contributed by atoms with Gasteiger partial charge in [0.05, 0.1) is 0 Å². The van der Waals surface area contributed by atoms with Gasteiger partial charge in [0, 0.05) is 35.9 Å². The van der Waals surface area contributed by atoms with E-state index in [2.05, 4.69) is 19.9 Å². The topological polar surface area (TPSA) is 40.5 Å². The van der Waals surface area contributed by atoms with E-state index in [1.54, 1.807) is 0 Å². The van der Waals surface area contributed by atoms with E-state index >= 15 is 0 Å². The molecule has 0 bridgehead atoms. The Hall–Kier alpha value is 0.244. The molecule has 0 fully saturated rings. The molecule has 110 valence electrons. The average Bonchev–Trinajstić information content (AvgIpc) is 2.42. The molecule has 0 atom stereocenters. The van der Waals surface area contributed by atoms with E-state index < -0.39 is 0 Å². The molecule has 0 aromatic heterocycles. The van der Waals surface area contributed by atoms with Gasteiger partial charge in [-0.05, 0) is 0 Å². The fourth-order valence-electron chi connectivity index (χ4n) is 1.51. The molecule has 0 radical (unpaired) electrons. The Morgan fingerprint density at radius 1 is 0.833 bits per heavy atom. The Bertz CT molecular complexity index is 109. The molecule has 0 saturated heterocycles. The van der Waals surface area contributed by atoms with Crippen molar-refractivity contribution in [1.82, 2.24) is 0 Å². The predicted molar refractivity (Wildman–Crippen MR) is 78.0 cm³/mol. The molecular weight excluding hydrogens is 260 g/mol. The first-order chi connectivity index (χ1) is 8.41. The number of aliphatic hydroxyl groups excluding tert-OH is 2. The minimum Gasteiger partial charge on any atom is -0.400 e. The van der Waals surface area contributed by atoms with Crippen molar-refractivity contribution in [2.75, 3.05) is 14.2 Å². The third-order valence-corrected chi connectivity index (χ3v) is 2.39. The van der Waals surface area contributed by atoms with Gasteiger partial charge in [-0.1, -0.05) is 58.3 Å². The molecule has 0 unspecified atom stereocenters. The summed E-state index contributed by atoms with van der Waals surface area (Å²) in [6.45, 7) is 5.94. The fourth-order valence-corrected chi connectivity index (χ4v) is 1.51. The SMILES string of the molecule is C=C[CH-]CCCCCCCCCC.CO.CO.[Ti]. The van der Waals surface area contributed by atoms with Crippen LogP contribution in [-0.4, -0.2) is 24.4 Å².